The van der Waals surface area contributed by atoms with Gasteiger partial charge < -0.3 is 0 Å². The third-order valence-corrected chi connectivity index (χ3v) is 3.32. The van der Waals surface area contributed by atoms with Crippen LogP contribution in [0.4, 0.5) is 0 Å². The van der Waals surface area contributed by atoms with Crippen molar-refractivity contribution in [3.63, 3.8) is 0 Å². The largest absolute Gasteiger partial charge is 0.234 e. The van der Waals surface area contributed by atoms with E-state index >= 15 is 0 Å². The van der Waals surface area contributed by atoms with Gasteiger partial charge in [0.1, 0.15) is 5.52 Å². The molecule has 0 bridgehead atoms. The van der Waals surface area contributed by atoms with Crippen molar-refractivity contribution in [1.29, 1.82) is 0 Å². The summed E-state index contributed by atoms with van der Waals surface area (Å²) in [7, 11) is 0. The molecule has 1 aromatic carbocycles. The van der Waals surface area contributed by atoms with Gasteiger partial charge in [0, 0.05) is 11.6 Å². The van der Waals surface area contributed by atoms with Crippen LogP contribution in [0.2, 0.25) is 0 Å². The second-order valence-corrected chi connectivity index (χ2v) is 4.57. The molecular weight excluding hydrogens is 260 g/mol. The van der Waals surface area contributed by atoms with Gasteiger partial charge in [0.2, 0.25) is 0 Å². The van der Waals surface area contributed by atoms with Crippen LogP contribution in [0.25, 0.3) is 16.9 Å². The molecule has 0 spiro atoms. The minimum absolute atomic E-state index is 0.467. The van der Waals surface area contributed by atoms with Crippen molar-refractivity contribution in [2.45, 2.75) is 19.2 Å². The average molecular weight is 273 g/mol. The number of halogens is 1. The monoisotopic (exact) mass is 272 g/mol. The van der Waals surface area contributed by atoms with Crippen LogP contribution in [-0.2, 0) is 12.3 Å². The van der Waals surface area contributed by atoms with Crippen LogP contribution in [0.1, 0.15) is 18.2 Å². The first kappa shape index (κ1) is 12.1. The van der Waals surface area contributed by atoms with E-state index in [1.807, 2.05) is 36.4 Å². The van der Waals surface area contributed by atoms with Gasteiger partial charge in [-0.2, -0.15) is 4.68 Å². The van der Waals surface area contributed by atoms with Gasteiger partial charge in [0.25, 0.3) is 0 Å². The molecule has 0 aliphatic rings. The van der Waals surface area contributed by atoms with E-state index in [1.54, 1.807) is 4.68 Å². The highest BCUT2D eigenvalue weighted by atomic mass is 35.5. The number of fused-ring (bicyclic) bond motifs is 1. The van der Waals surface area contributed by atoms with Crippen LogP contribution in [0.3, 0.4) is 0 Å². The lowest BCUT2D eigenvalue weighted by Crippen LogP contribution is -2.03. The molecule has 0 saturated carbocycles. The smallest absolute Gasteiger partial charge is 0.156 e. The van der Waals surface area contributed by atoms with Crippen molar-refractivity contribution >= 4 is 22.6 Å². The molecule has 0 aliphatic carbocycles. The van der Waals surface area contributed by atoms with Gasteiger partial charge in [0.15, 0.2) is 5.82 Å². The van der Waals surface area contributed by atoms with Gasteiger partial charge in [-0.25, -0.2) is 4.98 Å². The number of nitrogens with zero attached hydrogens (tertiary/aromatic N) is 4. The minimum atomic E-state index is 0.467. The summed E-state index contributed by atoms with van der Waals surface area (Å²) in [5, 5.41) is 8.32. The van der Waals surface area contributed by atoms with Crippen molar-refractivity contribution in [2.24, 2.45) is 0 Å². The third-order valence-electron chi connectivity index (χ3n) is 3.01. The summed E-state index contributed by atoms with van der Waals surface area (Å²) in [6, 6.07) is 11.8. The van der Waals surface area contributed by atoms with E-state index in [0.717, 1.165) is 34.5 Å². The molecule has 2 heterocycles. The molecular formula is C14H13ClN4. The first-order valence-corrected chi connectivity index (χ1v) is 6.72. The molecule has 5 heteroatoms. The molecule has 0 aliphatic heterocycles. The number of pyridine rings is 1. The Bertz CT molecular complexity index is 698. The number of hydrogen-bond acceptors (Lipinski definition) is 3. The Kier molecular flexibility index (Phi) is 3.17. The molecule has 4 nitrogen and oxygen atoms in total. The molecule has 19 heavy (non-hydrogen) atoms. The molecule has 0 saturated heterocycles. The van der Waals surface area contributed by atoms with Crippen LogP contribution >= 0.6 is 11.6 Å². The van der Waals surface area contributed by atoms with Gasteiger partial charge in [-0.1, -0.05) is 24.3 Å². The SMILES string of the molecule is CCc1cc(CCl)cc(-n2nnc3ccccc32)n1. The fourth-order valence-corrected chi connectivity index (χ4v) is 2.19. The van der Waals surface area contributed by atoms with E-state index in [1.165, 1.54) is 0 Å². The highest BCUT2D eigenvalue weighted by molar-refractivity contribution is 6.17. The molecule has 0 unspecified atom stereocenters. The highest BCUT2D eigenvalue weighted by Gasteiger charge is 2.09. The molecule has 0 radical (unpaired) electrons. The lowest BCUT2D eigenvalue weighted by molar-refractivity contribution is 0.791. The number of aromatic nitrogens is 4. The van der Waals surface area contributed by atoms with Crippen LogP contribution in [-0.4, -0.2) is 20.0 Å². The number of benzene rings is 1. The molecule has 0 atom stereocenters. The van der Waals surface area contributed by atoms with E-state index in [2.05, 4.69) is 22.2 Å². The van der Waals surface area contributed by atoms with Gasteiger partial charge >= 0.3 is 0 Å². The fraction of sp³-hybridized carbons (Fsp3) is 0.214. The minimum Gasteiger partial charge on any atom is -0.234 e. The van der Waals surface area contributed by atoms with Crippen LogP contribution in [0, 0.1) is 0 Å². The maximum absolute atomic E-state index is 5.93. The van der Waals surface area contributed by atoms with Gasteiger partial charge in [-0.3, -0.25) is 0 Å². The quantitative estimate of drug-likeness (QED) is 0.688. The summed E-state index contributed by atoms with van der Waals surface area (Å²) < 4.78 is 1.75. The van der Waals surface area contributed by atoms with E-state index in [0.29, 0.717) is 5.88 Å². The summed E-state index contributed by atoms with van der Waals surface area (Å²) in [6.45, 7) is 2.07. The Hall–Kier alpha value is -1.94. The topological polar surface area (TPSA) is 43.6 Å². The van der Waals surface area contributed by atoms with Crippen molar-refractivity contribution in [3.05, 3.63) is 47.7 Å². The molecule has 96 valence electrons. The van der Waals surface area contributed by atoms with Gasteiger partial charge in [-0.05, 0) is 36.2 Å². The lowest BCUT2D eigenvalue weighted by atomic mass is 10.2. The Balaban J connectivity index is 2.20. The summed E-state index contributed by atoms with van der Waals surface area (Å²) in [5.74, 6) is 1.23. The van der Waals surface area contributed by atoms with Crippen LogP contribution in [0.5, 0.6) is 0 Å². The summed E-state index contributed by atoms with van der Waals surface area (Å²) in [4.78, 5) is 4.59. The van der Waals surface area contributed by atoms with Crippen molar-refractivity contribution in [3.8, 4) is 5.82 Å². The van der Waals surface area contributed by atoms with E-state index in [9.17, 15) is 0 Å². The molecule has 0 amide bonds. The van der Waals surface area contributed by atoms with E-state index < -0.39 is 0 Å². The number of aryl methyl sites for hydroxylation is 1. The van der Waals surface area contributed by atoms with Crippen molar-refractivity contribution < 1.29 is 0 Å². The molecule has 3 rings (SSSR count). The summed E-state index contributed by atoms with van der Waals surface area (Å²) in [5.41, 5.74) is 3.86. The molecule has 3 aromatic rings. The average Bonchev–Trinajstić information content (AvgIpc) is 2.90. The van der Waals surface area contributed by atoms with Crippen LogP contribution < -0.4 is 0 Å². The maximum Gasteiger partial charge on any atom is 0.156 e. The van der Waals surface area contributed by atoms with E-state index in [4.69, 9.17) is 11.6 Å². The standard InChI is InChI=1S/C14H13ClN4/c1-2-11-7-10(9-15)8-14(16-11)19-13-6-4-3-5-12(13)17-18-19/h3-8H,2,9H2,1H3. The third kappa shape index (κ3) is 2.19. The first-order valence-electron chi connectivity index (χ1n) is 6.18. The summed E-state index contributed by atoms with van der Waals surface area (Å²) in [6.07, 6.45) is 0.865. The second kappa shape index (κ2) is 4.97. The Labute approximate surface area is 116 Å². The number of rotatable bonds is 3. The second-order valence-electron chi connectivity index (χ2n) is 4.30. The zero-order valence-electron chi connectivity index (χ0n) is 10.5. The highest BCUT2D eigenvalue weighted by Crippen LogP contribution is 2.17. The number of hydrogen-bond donors (Lipinski definition) is 0. The molecule has 0 N–H and O–H groups in total. The Morgan fingerprint density at radius 1 is 1.21 bits per heavy atom. The van der Waals surface area contributed by atoms with Gasteiger partial charge in [-0.15, -0.1) is 16.7 Å². The zero-order chi connectivity index (χ0) is 13.2. The number of alkyl halides is 1. The Morgan fingerprint density at radius 3 is 2.84 bits per heavy atom. The molecule has 0 fully saturated rings. The maximum atomic E-state index is 5.93. The van der Waals surface area contributed by atoms with E-state index in [-0.39, 0.29) is 0 Å². The predicted octanol–water partition coefficient (Wildman–Crippen LogP) is 3.12. The Morgan fingerprint density at radius 2 is 2.05 bits per heavy atom. The number of para-hydroxylation sites is 1. The van der Waals surface area contributed by atoms with Crippen molar-refractivity contribution in [2.75, 3.05) is 0 Å². The summed E-state index contributed by atoms with van der Waals surface area (Å²) >= 11 is 5.93. The zero-order valence-corrected chi connectivity index (χ0v) is 11.3. The fourth-order valence-electron chi connectivity index (χ4n) is 2.04. The van der Waals surface area contributed by atoms with Gasteiger partial charge in [0.05, 0.1) is 5.52 Å². The normalized spacial score (nSPS) is 11.1. The van der Waals surface area contributed by atoms with Crippen LogP contribution in [0.15, 0.2) is 36.4 Å². The molecule has 2 aromatic heterocycles. The first-order chi connectivity index (χ1) is 9.31. The predicted molar refractivity (Wildman–Crippen MR) is 75.6 cm³/mol. The lowest BCUT2D eigenvalue weighted by Gasteiger charge is -2.06. The van der Waals surface area contributed by atoms with Crippen molar-refractivity contribution in [1.82, 2.24) is 20.0 Å².